The van der Waals surface area contributed by atoms with E-state index in [2.05, 4.69) is 33.2 Å². The Hall–Kier alpha value is -1.50. The summed E-state index contributed by atoms with van der Waals surface area (Å²) in [7, 11) is 5.12. The summed E-state index contributed by atoms with van der Waals surface area (Å²) >= 11 is 0. The molecule has 46 heavy (non-hydrogen) atoms. The molecule has 4 rings (SSSR count). The Balaban J connectivity index is 1.61. The van der Waals surface area contributed by atoms with Crippen molar-refractivity contribution in [1.82, 2.24) is 5.48 Å². The maximum Gasteiger partial charge on any atom is 0.533 e. The van der Waals surface area contributed by atoms with Crippen LogP contribution in [0.15, 0.2) is 0 Å². The van der Waals surface area contributed by atoms with E-state index in [1.807, 2.05) is 0 Å². The van der Waals surface area contributed by atoms with Crippen molar-refractivity contribution in [2.24, 2.45) is 52.3 Å². The summed E-state index contributed by atoms with van der Waals surface area (Å²) in [6, 6.07) is 0. The van der Waals surface area contributed by atoms with Gasteiger partial charge in [-0.25, -0.2) is 10.3 Å². The average Bonchev–Trinajstić information content (AvgIpc) is 3.39. The predicted molar refractivity (Wildman–Crippen MR) is 173 cm³/mol. The van der Waals surface area contributed by atoms with Gasteiger partial charge in [0.2, 0.25) is 0 Å². The summed E-state index contributed by atoms with van der Waals surface area (Å²) in [4.78, 5) is 16.4. The molecule has 2 N–H and O–H groups in total. The smallest absolute Gasteiger partial charge is 0.433 e. The summed E-state index contributed by atoms with van der Waals surface area (Å²) in [6.45, 7) is 12.5. The third-order valence-corrected chi connectivity index (χ3v) is 12.6. The van der Waals surface area contributed by atoms with Gasteiger partial charge in [0.15, 0.2) is 0 Å². The van der Waals surface area contributed by atoms with Crippen LogP contribution in [0.1, 0.15) is 92.4 Å². The van der Waals surface area contributed by atoms with Crippen LogP contribution in [0, 0.1) is 57.7 Å². The Morgan fingerprint density at radius 3 is 2.30 bits per heavy atom. The molecule has 11 heteroatoms. The molecule has 0 aromatic rings. The van der Waals surface area contributed by atoms with Gasteiger partial charge in [-0.05, 0) is 104 Å². The number of rotatable bonds is 15. The molecule has 0 spiro atoms. The second kappa shape index (κ2) is 16.7. The maximum atomic E-state index is 11.6. The monoisotopic (exact) mass is 654 g/mol. The molecular weight excluding hydrogens is 592 g/mol. The minimum Gasteiger partial charge on any atom is -0.433 e. The molecular formula is C35H62N2O9. The molecule has 4 saturated carbocycles. The number of amidine groups is 1. The van der Waals surface area contributed by atoms with E-state index in [0.29, 0.717) is 54.6 Å². The summed E-state index contributed by atoms with van der Waals surface area (Å²) in [5, 5.41) is 8.31. The van der Waals surface area contributed by atoms with Crippen molar-refractivity contribution in [1.29, 1.82) is 5.41 Å². The molecule has 0 aromatic heterocycles. The number of nitrogens with one attached hydrogen (secondary N) is 2. The molecule has 0 bridgehead atoms. The quantitative estimate of drug-likeness (QED) is 0.0661. The highest BCUT2D eigenvalue weighted by Gasteiger charge is 2.68. The first-order chi connectivity index (χ1) is 22.1. The van der Waals surface area contributed by atoms with Crippen molar-refractivity contribution in [3.8, 4) is 0 Å². The SMILES string of the molecule is CCOC(=O)ONC(=N)CC[C@@H](C)[C@H]1CC[C@H]2[C@@H]3[C@H](OCOC)[C@H](CC)[C@@H]4C[C@H](OCOC)CC[C@]4(C)[C@H]3[C@H](OCOC)C[C@]12C. The Morgan fingerprint density at radius 2 is 1.63 bits per heavy atom. The lowest BCUT2D eigenvalue weighted by Gasteiger charge is -2.67. The van der Waals surface area contributed by atoms with Crippen LogP contribution in [0.4, 0.5) is 4.79 Å². The van der Waals surface area contributed by atoms with Gasteiger partial charge in [0.25, 0.3) is 0 Å². The van der Waals surface area contributed by atoms with E-state index in [-0.39, 0.29) is 55.2 Å². The van der Waals surface area contributed by atoms with E-state index in [4.69, 9.17) is 43.4 Å². The Labute approximate surface area is 276 Å². The Bertz CT molecular complexity index is 986. The third kappa shape index (κ3) is 7.70. The second-order valence-corrected chi connectivity index (χ2v) is 14.8. The average molecular weight is 655 g/mol. The van der Waals surface area contributed by atoms with Crippen LogP contribution in [0.25, 0.3) is 0 Å². The second-order valence-electron chi connectivity index (χ2n) is 14.8. The molecule has 4 aliphatic rings. The molecule has 0 aliphatic heterocycles. The van der Waals surface area contributed by atoms with E-state index in [1.54, 1.807) is 28.3 Å². The van der Waals surface area contributed by atoms with Gasteiger partial charge in [-0.15, -0.1) is 0 Å². The first-order valence-corrected chi connectivity index (χ1v) is 17.6. The van der Waals surface area contributed by atoms with E-state index in [1.165, 1.54) is 0 Å². The van der Waals surface area contributed by atoms with Crippen LogP contribution in [-0.4, -0.2) is 78.6 Å². The normalized spacial score (nSPS) is 39.1. The van der Waals surface area contributed by atoms with Crippen molar-refractivity contribution >= 4 is 12.0 Å². The fraction of sp³-hybridized carbons (Fsp3) is 0.943. The van der Waals surface area contributed by atoms with Gasteiger partial charge in [-0.3, -0.25) is 5.41 Å². The molecule has 0 unspecified atom stereocenters. The fourth-order valence-electron chi connectivity index (χ4n) is 10.8. The Kier molecular flexibility index (Phi) is 13.6. The molecule has 4 fully saturated rings. The highest BCUT2D eigenvalue weighted by Crippen LogP contribution is 2.70. The summed E-state index contributed by atoms with van der Waals surface area (Å²) in [6.07, 6.45) is 8.27. The van der Waals surface area contributed by atoms with Crippen LogP contribution in [0.3, 0.4) is 0 Å². The van der Waals surface area contributed by atoms with E-state index in [0.717, 1.165) is 51.4 Å². The number of hydrogen-bond acceptors (Lipinski definition) is 10. The van der Waals surface area contributed by atoms with Crippen molar-refractivity contribution < 1.29 is 42.8 Å². The van der Waals surface area contributed by atoms with Crippen LogP contribution >= 0.6 is 0 Å². The lowest BCUT2D eigenvalue weighted by molar-refractivity contribution is -0.275. The topological polar surface area (TPSA) is 127 Å². The van der Waals surface area contributed by atoms with Gasteiger partial charge >= 0.3 is 6.16 Å². The van der Waals surface area contributed by atoms with E-state index >= 15 is 0 Å². The highest BCUT2D eigenvalue weighted by molar-refractivity contribution is 5.79. The number of hydrogen-bond donors (Lipinski definition) is 2. The molecule has 0 amide bonds. The zero-order chi connectivity index (χ0) is 33.5. The molecule has 0 radical (unpaired) electrons. The molecule has 0 saturated heterocycles. The van der Waals surface area contributed by atoms with Crippen molar-refractivity contribution in [2.75, 3.05) is 48.3 Å². The molecule has 12 atom stereocenters. The van der Waals surface area contributed by atoms with Crippen LogP contribution in [0.2, 0.25) is 0 Å². The summed E-state index contributed by atoms with van der Waals surface area (Å²) < 4.78 is 40.9. The van der Waals surface area contributed by atoms with Gasteiger partial charge in [-0.1, -0.05) is 34.1 Å². The van der Waals surface area contributed by atoms with Gasteiger partial charge in [0.05, 0.1) is 24.9 Å². The first-order valence-electron chi connectivity index (χ1n) is 17.6. The van der Waals surface area contributed by atoms with Crippen LogP contribution in [-0.2, 0) is 38.0 Å². The zero-order valence-electron chi connectivity index (χ0n) is 29.6. The van der Waals surface area contributed by atoms with Crippen LogP contribution < -0.4 is 5.48 Å². The largest absolute Gasteiger partial charge is 0.533 e. The van der Waals surface area contributed by atoms with E-state index in [9.17, 15) is 4.79 Å². The number of hydroxylamine groups is 1. The summed E-state index contributed by atoms with van der Waals surface area (Å²) in [5.41, 5.74) is 2.60. The number of carbonyl (C=O) groups excluding carboxylic acids is 1. The number of ether oxygens (including phenoxy) is 7. The fourth-order valence-corrected chi connectivity index (χ4v) is 10.8. The number of methoxy groups -OCH3 is 3. The third-order valence-electron chi connectivity index (χ3n) is 12.6. The van der Waals surface area contributed by atoms with Gasteiger partial charge < -0.3 is 38.0 Å². The van der Waals surface area contributed by atoms with Gasteiger partial charge in [0, 0.05) is 27.8 Å². The van der Waals surface area contributed by atoms with Crippen molar-refractivity contribution in [3.63, 3.8) is 0 Å². The highest BCUT2D eigenvalue weighted by atomic mass is 16.8. The lowest BCUT2D eigenvalue weighted by Crippen LogP contribution is -2.66. The lowest BCUT2D eigenvalue weighted by atomic mass is 9.40. The molecule has 4 aliphatic carbocycles. The van der Waals surface area contributed by atoms with Gasteiger partial charge in [-0.2, -0.15) is 0 Å². The Morgan fingerprint density at radius 1 is 0.935 bits per heavy atom. The zero-order valence-corrected chi connectivity index (χ0v) is 29.6. The summed E-state index contributed by atoms with van der Waals surface area (Å²) in [5.74, 6) is 3.04. The van der Waals surface area contributed by atoms with Crippen LogP contribution in [0.5, 0.6) is 0 Å². The predicted octanol–water partition coefficient (Wildman–Crippen LogP) is 6.54. The first kappa shape index (κ1) is 37.3. The van der Waals surface area contributed by atoms with E-state index < -0.39 is 6.16 Å². The number of fused-ring (bicyclic) bond motifs is 5. The molecule has 11 nitrogen and oxygen atoms in total. The van der Waals surface area contributed by atoms with Crippen molar-refractivity contribution in [3.05, 3.63) is 0 Å². The standard InChI is InChI=1S/C35H62N2O9/c1-9-24-27-17-23(43-19-39-6)15-16-34(27,4)31-28(44-20-40-7)18-35(5)25(12-13-26(35)30(31)32(24)45-21-41-8)22(3)11-14-29(36)37-46-33(38)42-10-2/h22-28,30-32H,9-21H2,1-8H3,(H2,36,37)/t22-,23-,24-,25-,26+,27+,28-,30+,31+,32-,34+,35-/m1/s1. The molecule has 0 heterocycles. The maximum absolute atomic E-state index is 11.6. The minimum absolute atomic E-state index is 0.0466. The molecule has 266 valence electrons. The number of carbonyl (C=O) groups is 1. The molecule has 0 aromatic carbocycles. The minimum atomic E-state index is -0.819. The van der Waals surface area contributed by atoms with Crippen molar-refractivity contribution in [2.45, 2.75) is 111 Å². The van der Waals surface area contributed by atoms with Gasteiger partial charge in [0.1, 0.15) is 26.2 Å².